The third kappa shape index (κ3) is 7.49. The van der Waals surface area contributed by atoms with Crippen LogP contribution in [-0.2, 0) is 14.8 Å². The van der Waals surface area contributed by atoms with Crippen LogP contribution in [0.15, 0.2) is 77.7 Å². The molecule has 2 N–H and O–H groups in total. The van der Waals surface area contributed by atoms with E-state index in [0.717, 1.165) is 0 Å². The van der Waals surface area contributed by atoms with E-state index < -0.39 is 15.9 Å². The summed E-state index contributed by atoms with van der Waals surface area (Å²) in [5, 5.41) is 2.81. The number of hydrogen-bond donors (Lipinski definition) is 2. The summed E-state index contributed by atoms with van der Waals surface area (Å²) in [6.45, 7) is 3.84. The van der Waals surface area contributed by atoms with Crippen molar-refractivity contribution in [2.24, 2.45) is 5.92 Å². The number of para-hydroxylation sites is 1. The van der Waals surface area contributed by atoms with Gasteiger partial charge in [0.1, 0.15) is 17.2 Å². The normalized spacial score (nSPS) is 11.3. The highest BCUT2D eigenvalue weighted by atomic mass is 35.5. The zero-order valence-corrected chi connectivity index (χ0v) is 19.8. The minimum absolute atomic E-state index is 0.0303. The molecular weight excluding hydrogens is 464 g/mol. The molecule has 3 rings (SSSR count). The Bertz CT molecular complexity index is 1180. The number of carbonyl (C=O) groups is 1. The topological polar surface area (TPSA) is 93.7 Å². The van der Waals surface area contributed by atoms with Gasteiger partial charge in [0.25, 0.3) is 5.91 Å². The van der Waals surface area contributed by atoms with Crippen molar-refractivity contribution in [3.8, 4) is 17.2 Å². The molecule has 0 unspecified atom stereocenters. The monoisotopic (exact) mass is 488 g/mol. The summed E-state index contributed by atoms with van der Waals surface area (Å²) in [4.78, 5) is 12.3. The first-order valence-corrected chi connectivity index (χ1v) is 12.1. The van der Waals surface area contributed by atoms with Crippen molar-refractivity contribution in [2.45, 2.75) is 18.7 Å². The summed E-state index contributed by atoms with van der Waals surface area (Å²) < 4.78 is 38.3. The minimum Gasteiger partial charge on any atom is -0.482 e. The lowest BCUT2D eigenvalue weighted by atomic mass is 10.2. The molecule has 0 fully saturated rings. The quantitative estimate of drug-likeness (QED) is 0.415. The second kappa shape index (κ2) is 11.2. The van der Waals surface area contributed by atoms with E-state index in [2.05, 4.69) is 10.0 Å². The number of carbonyl (C=O) groups excluding carboxylic acids is 1. The zero-order valence-electron chi connectivity index (χ0n) is 18.2. The largest absolute Gasteiger partial charge is 0.482 e. The number of anilines is 1. The number of nitrogens with one attached hydrogen (secondary N) is 2. The van der Waals surface area contributed by atoms with E-state index >= 15 is 0 Å². The third-order valence-electron chi connectivity index (χ3n) is 4.37. The van der Waals surface area contributed by atoms with Gasteiger partial charge in [-0.2, -0.15) is 0 Å². The lowest BCUT2D eigenvalue weighted by molar-refractivity contribution is -0.118. The first kappa shape index (κ1) is 24.6. The van der Waals surface area contributed by atoms with Crippen LogP contribution in [0.2, 0.25) is 5.02 Å². The first-order chi connectivity index (χ1) is 15.7. The highest BCUT2D eigenvalue weighted by Gasteiger charge is 2.17. The predicted octanol–water partition coefficient (Wildman–Crippen LogP) is 5.08. The summed E-state index contributed by atoms with van der Waals surface area (Å²) in [5.41, 5.74) is 0.577. The fourth-order valence-electron chi connectivity index (χ4n) is 2.70. The van der Waals surface area contributed by atoms with Crippen LogP contribution in [0.3, 0.4) is 0 Å². The van der Waals surface area contributed by atoms with Gasteiger partial charge in [-0.1, -0.05) is 43.6 Å². The van der Waals surface area contributed by atoms with Gasteiger partial charge in [-0.3, -0.25) is 4.79 Å². The first-order valence-electron chi connectivity index (χ1n) is 10.3. The highest BCUT2D eigenvalue weighted by Crippen LogP contribution is 2.27. The number of sulfonamides is 1. The molecule has 0 saturated carbocycles. The van der Waals surface area contributed by atoms with Crippen molar-refractivity contribution < 1.29 is 22.7 Å². The average molecular weight is 489 g/mol. The fourth-order valence-corrected chi connectivity index (χ4v) is 4.24. The Kier molecular flexibility index (Phi) is 8.32. The molecular formula is C24H25ClN2O5S. The Morgan fingerprint density at radius 2 is 1.64 bits per heavy atom. The van der Waals surface area contributed by atoms with E-state index in [0.29, 0.717) is 23.7 Å². The number of halogens is 1. The predicted molar refractivity (Wildman–Crippen MR) is 129 cm³/mol. The molecule has 174 valence electrons. The van der Waals surface area contributed by atoms with Crippen molar-refractivity contribution in [2.75, 3.05) is 18.5 Å². The standard InChI is InChI=1S/C24H25ClN2O5S/c1-17(2)15-26-33(29,30)21-12-13-23(22(25)14-21)31-16-24(28)27-18-8-10-20(11-9-18)32-19-6-4-3-5-7-19/h3-14,17,26H,15-16H2,1-2H3,(H,27,28). The average Bonchev–Trinajstić information content (AvgIpc) is 2.79. The lowest BCUT2D eigenvalue weighted by Gasteiger charge is -2.12. The molecule has 0 saturated heterocycles. The van der Waals surface area contributed by atoms with Gasteiger partial charge in [0.05, 0.1) is 9.92 Å². The van der Waals surface area contributed by atoms with Gasteiger partial charge in [0, 0.05) is 12.2 Å². The molecule has 0 aliphatic carbocycles. The van der Waals surface area contributed by atoms with Crippen LogP contribution in [0.1, 0.15) is 13.8 Å². The van der Waals surface area contributed by atoms with E-state index in [-0.39, 0.29) is 28.2 Å². The van der Waals surface area contributed by atoms with Gasteiger partial charge in [-0.15, -0.1) is 0 Å². The summed E-state index contributed by atoms with van der Waals surface area (Å²) in [6.07, 6.45) is 0. The molecule has 0 bridgehead atoms. The molecule has 0 aromatic heterocycles. The van der Waals surface area contributed by atoms with Crippen molar-refractivity contribution >= 4 is 33.2 Å². The number of rotatable bonds is 10. The molecule has 7 nitrogen and oxygen atoms in total. The van der Waals surface area contributed by atoms with E-state index in [1.165, 1.54) is 18.2 Å². The molecule has 0 heterocycles. The zero-order chi connectivity index (χ0) is 23.8. The van der Waals surface area contributed by atoms with Gasteiger partial charge in [-0.25, -0.2) is 13.1 Å². The molecule has 0 atom stereocenters. The maximum atomic E-state index is 12.3. The van der Waals surface area contributed by atoms with Gasteiger partial charge in [0.2, 0.25) is 10.0 Å². The SMILES string of the molecule is CC(C)CNS(=O)(=O)c1ccc(OCC(=O)Nc2ccc(Oc3ccccc3)cc2)c(Cl)c1. The number of amides is 1. The second-order valence-electron chi connectivity index (χ2n) is 7.61. The van der Waals surface area contributed by atoms with Crippen LogP contribution < -0.4 is 19.5 Å². The number of hydrogen-bond acceptors (Lipinski definition) is 5. The minimum atomic E-state index is -3.67. The Balaban J connectivity index is 1.53. The molecule has 0 aliphatic heterocycles. The summed E-state index contributed by atoms with van der Waals surface area (Å²) in [6, 6.07) is 20.4. The highest BCUT2D eigenvalue weighted by molar-refractivity contribution is 7.89. The molecule has 0 spiro atoms. The Morgan fingerprint density at radius 1 is 0.970 bits per heavy atom. The Hall–Kier alpha value is -3.07. The molecule has 1 amide bonds. The van der Waals surface area contributed by atoms with Crippen molar-refractivity contribution in [3.05, 3.63) is 77.8 Å². The Labute approximate surface area is 198 Å². The van der Waals surface area contributed by atoms with E-state index in [9.17, 15) is 13.2 Å². The van der Waals surface area contributed by atoms with Crippen molar-refractivity contribution in [1.29, 1.82) is 0 Å². The Morgan fingerprint density at radius 3 is 2.27 bits per heavy atom. The lowest BCUT2D eigenvalue weighted by Crippen LogP contribution is -2.27. The smallest absolute Gasteiger partial charge is 0.262 e. The summed E-state index contributed by atoms with van der Waals surface area (Å²) in [5.74, 6) is 1.34. The molecule has 3 aromatic carbocycles. The van der Waals surface area contributed by atoms with Crippen LogP contribution in [0, 0.1) is 5.92 Å². The van der Waals surface area contributed by atoms with E-state index in [1.807, 2.05) is 44.2 Å². The van der Waals surface area contributed by atoms with Gasteiger partial charge >= 0.3 is 0 Å². The maximum absolute atomic E-state index is 12.3. The molecule has 0 radical (unpaired) electrons. The van der Waals surface area contributed by atoms with Gasteiger partial charge in [-0.05, 0) is 60.5 Å². The van der Waals surface area contributed by atoms with Crippen LogP contribution in [0.5, 0.6) is 17.2 Å². The van der Waals surface area contributed by atoms with Gasteiger partial charge in [0.15, 0.2) is 6.61 Å². The van der Waals surface area contributed by atoms with Gasteiger partial charge < -0.3 is 14.8 Å². The molecule has 3 aromatic rings. The molecule has 9 heteroatoms. The maximum Gasteiger partial charge on any atom is 0.262 e. The van der Waals surface area contributed by atoms with Crippen LogP contribution in [0.4, 0.5) is 5.69 Å². The van der Waals surface area contributed by atoms with Crippen LogP contribution in [0.25, 0.3) is 0 Å². The summed E-state index contributed by atoms with van der Waals surface area (Å²) in [7, 11) is -3.67. The summed E-state index contributed by atoms with van der Waals surface area (Å²) >= 11 is 6.16. The van der Waals surface area contributed by atoms with Crippen molar-refractivity contribution in [3.63, 3.8) is 0 Å². The molecule has 33 heavy (non-hydrogen) atoms. The number of ether oxygens (including phenoxy) is 2. The van der Waals surface area contributed by atoms with E-state index in [1.54, 1.807) is 24.3 Å². The van der Waals surface area contributed by atoms with Crippen molar-refractivity contribution in [1.82, 2.24) is 4.72 Å². The molecule has 0 aliphatic rings. The van der Waals surface area contributed by atoms with Crippen LogP contribution in [-0.4, -0.2) is 27.5 Å². The van der Waals surface area contributed by atoms with E-state index in [4.69, 9.17) is 21.1 Å². The number of benzene rings is 3. The second-order valence-corrected chi connectivity index (χ2v) is 9.79. The third-order valence-corrected chi connectivity index (χ3v) is 6.09. The van der Waals surface area contributed by atoms with Crippen LogP contribution >= 0.6 is 11.6 Å². The fraction of sp³-hybridized carbons (Fsp3) is 0.208.